The number of hydrogen-bond acceptors (Lipinski definition) is 1. The van der Waals surface area contributed by atoms with Crippen molar-refractivity contribution in [1.82, 2.24) is 4.57 Å². The van der Waals surface area contributed by atoms with Crippen LogP contribution in [0.3, 0.4) is 0 Å². The molecule has 0 saturated heterocycles. The van der Waals surface area contributed by atoms with Crippen LogP contribution in [0.25, 0.3) is 11.3 Å². The van der Waals surface area contributed by atoms with Crippen molar-refractivity contribution in [3.63, 3.8) is 0 Å². The maximum atomic E-state index is 13.9. The molecule has 0 unspecified atom stereocenters. The normalized spacial score (nSPS) is 10.1. The van der Waals surface area contributed by atoms with Gasteiger partial charge in [0.05, 0.1) is 5.82 Å². The number of aromatic nitrogens is 1. The topological polar surface area (TPSA) is 22.0 Å². The summed E-state index contributed by atoms with van der Waals surface area (Å²) >= 11 is 3.31. The van der Waals surface area contributed by atoms with Crippen LogP contribution in [0, 0.1) is 18.8 Å². The third-order valence-corrected chi connectivity index (χ3v) is 3.45. The van der Waals surface area contributed by atoms with Crippen LogP contribution in [0.1, 0.15) is 12.5 Å². The number of pyridine rings is 1. The summed E-state index contributed by atoms with van der Waals surface area (Å²) in [6.45, 7) is 4.06. The van der Waals surface area contributed by atoms with Gasteiger partial charge in [-0.05, 0) is 17.5 Å². The number of hydrogen-bond donors (Lipinski definition) is 0. The molecule has 1 aromatic carbocycles. The minimum absolute atomic E-state index is 0. The van der Waals surface area contributed by atoms with Crippen molar-refractivity contribution in [2.45, 2.75) is 20.4 Å². The fourth-order valence-corrected chi connectivity index (χ4v) is 2.39. The first kappa shape index (κ1) is 16.7. The van der Waals surface area contributed by atoms with Gasteiger partial charge in [0.2, 0.25) is 0 Å². The third kappa shape index (κ3) is 3.23. The van der Waals surface area contributed by atoms with Crippen LogP contribution >= 0.6 is 15.9 Å². The molecular formula is C14H12BrFNOY-. The largest absolute Gasteiger partial charge is 0.342 e. The van der Waals surface area contributed by atoms with Crippen molar-refractivity contribution in [1.29, 1.82) is 0 Å². The minimum Gasteiger partial charge on any atom is -0.342 e. The Balaban J connectivity index is 0.00000180. The maximum absolute atomic E-state index is 13.9. The molecule has 1 heterocycles. The van der Waals surface area contributed by atoms with E-state index in [0.717, 1.165) is 0 Å². The Morgan fingerprint density at radius 2 is 2.11 bits per heavy atom. The van der Waals surface area contributed by atoms with Gasteiger partial charge in [-0.15, -0.1) is 0 Å². The van der Waals surface area contributed by atoms with Crippen LogP contribution in [0.5, 0.6) is 0 Å². The summed E-state index contributed by atoms with van der Waals surface area (Å²) in [6.07, 6.45) is 0. The van der Waals surface area contributed by atoms with E-state index in [1.165, 1.54) is 10.6 Å². The molecule has 1 radical (unpaired) electrons. The van der Waals surface area contributed by atoms with Gasteiger partial charge < -0.3 is 4.57 Å². The molecule has 0 spiro atoms. The molecule has 0 fully saturated rings. The Labute approximate surface area is 145 Å². The number of halogens is 2. The summed E-state index contributed by atoms with van der Waals surface area (Å²) in [7, 11) is 0. The summed E-state index contributed by atoms with van der Waals surface area (Å²) in [5.74, 6) is -0.369. The van der Waals surface area contributed by atoms with E-state index in [-0.39, 0.29) is 44.1 Å². The van der Waals surface area contributed by atoms with E-state index < -0.39 is 0 Å². The SMILES string of the molecule is CCn1c(-c2c(F)cccc2Br)[c-]cc(C)c1=O.[Y]. The predicted molar refractivity (Wildman–Crippen MR) is 73.0 cm³/mol. The van der Waals surface area contributed by atoms with Crippen LogP contribution < -0.4 is 5.56 Å². The first-order chi connectivity index (χ1) is 8.56. The molecule has 19 heavy (non-hydrogen) atoms. The van der Waals surface area contributed by atoms with Gasteiger partial charge in [0.1, 0.15) is 0 Å². The Kier molecular flexibility index (Phi) is 6.09. The van der Waals surface area contributed by atoms with Gasteiger partial charge in [-0.1, -0.05) is 51.8 Å². The molecule has 0 saturated carbocycles. The molecule has 0 N–H and O–H groups in total. The van der Waals surface area contributed by atoms with Crippen LogP contribution in [-0.2, 0) is 39.3 Å². The van der Waals surface area contributed by atoms with E-state index in [1.807, 2.05) is 6.92 Å². The first-order valence-corrected chi connectivity index (χ1v) is 6.42. The van der Waals surface area contributed by atoms with E-state index in [9.17, 15) is 9.18 Å². The van der Waals surface area contributed by atoms with Gasteiger partial charge in [-0.2, -0.15) is 12.1 Å². The summed E-state index contributed by atoms with van der Waals surface area (Å²) in [5, 5.41) is 0. The standard InChI is InChI=1S/C14H12BrFNO.Y/c1-3-17-12(8-7-9(2)14(17)18)13-10(15)5-4-6-11(13)16;/h4-7H,3H2,1-2H3;/q-1;. The number of benzene rings is 1. The van der Waals surface area contributed by atoms with Gasteiger partial charge in [0.25, 0.3) is 0 Å². The van der Waals surface area contributed by atoms with Crippen molar-refractivity contribution < 1.29 is 37.1 Å². The molecule has 1 aromatic heterocycles. The molecule has 0 aliphatic heterocycles. The van der Waals surface area contributed by atoms with E-state index in [1.54, 1.807) is 25.1 Å². The zero-order valence-electron chi connectivity index (χ0n) is 10.7. The summed E-state index contributed by atoms with van der Waals surface area (Å²) in [6, 6.07) is 9.32. The number of nitrogens with zero attached hydrogens (tertiary/aromatic N) is 1. The molecule has 2 aromatic rings. The van der Waals surface area contributed by atoms with E-state index in [4.69, 9.17) is 0 Å². The molecule has 0 aliphatic carbocycles. The molecule has 97 valence electrons. The van der Waals surface area contributed by atoms with Crippen LogP contribution in [0.15, 0.2) is 33.5 Å². The average Bonchev–Trinajstić information content (AvgIpc) is 2.33. The second-order valence-corrected chi connectivity index (χ2v) is 4.82. The molecule has 2 nitrogen and oxygen atoms in total. The fourth-order valence-electron chi connectivity index (χ4n) is 1.86. The van der Waals surface area contributed by atoms with Gasteiger partial charge in [0.15, 0.2) is 5.56 Å². The van der Waals surface area contributed by atoms with E-state index in [2.05, 4.69) is 22.0 Å². The van der Waals surface area contributed by atoms with Crippen LogP contribution in [0.2, 0.25) is 0 Å². The molecule has 2 rings (SSSR count). The predicted octanol–water partition coefficient (Wildman–Crippen LogP) is 3.54. The van der Waals surface area contributed by atoms with Crippen molar-refractivity contribution in [3.05, 3.63) is 56.5 Å². The smallest absolute Gasteiger partial charge is 0.197 e. The quantitative estimate of drug-likeness (QED) is 0.710. The van der Waals surface area contributed by atoms with E-state index >= 15 is 0 Å². The zero-order valence-corrected chi connectivity index (χ0v) is 15.1. The van der Waals surface area contributed by atoms with Crippen molar-refractivity contribution >= 4 is 15.9 Å². The Morgan fingerprint density at radius 3 is 2.68 bits per heavy atom. The second kappa shape index (κ2) is 6.91. The van der Waals surface area contributed by atoms with Crippen molar-refractivity contribution in [2.75, 3.05) is 0 Å². The maximum Gasteiger partial charge on any atom is 0.197 e. The minimum atomic E-state index is -0.369. The van der Waals surface area contributed by atoms with Crippen molar-refractivity contribution in [2.24, 2.45) is 0 Å². The van der Waals surface area contributed by atoms with Crippen molar-refractivity contribution in [3.8, 4) is 11.3 Å². The average molecular weight is 398 g/mol. The van der Waals surface area contributed by atoms with Gasteiger partial charge >= 0.3 is 0 Å². The number of aryl methyl sites for hydroxylation is 1. The summed E-state index contributed by atoms with van der Waals surface area (Å²) in [4.78, 5) is 12.0. The molecule has 0 atom stereocenters. The summed E-state index contributed by atoms with van der Waals surface area (Å²) in [5.41, 5.74) is 1.34. The zero-order chi connectivity index (χ0) is 13.3. The summed E-state index contributed by atoms with van der Waals surface area (Å²) < 4.78 is 16.1. The molecule has 0 bridgehead atoms. The Morgan fingerprint density at radius 1 is 1.42 bits per heavy atom. The monoisotopic (exact) mass is 397 g/mol. The van der Waals surface area contributed by atoms with E-state index in [0.29, 0.717) is 27.8 Å². The Hall–Kier alpha value is -0.316. The van der Waals surface area contributed by atoms with Gasteiger partial charge in [0, 0.05) is 39.3 Å². The molecule has 0 aliphatic rings. The number of rotatable bonds is 2. The van der Waals surface area contributed by atoms with Gasteiger partial charge in [-0.25, -0.2) is 4.39 Å². The van der Waals surface area contributed by atoms with Crippen LogP contribution in [-0.4, -0.2) is 4.57 Å². The third-order valence-electron chi connectivity index (χ3n) is 2.79. The fraction of sp³-hybridized carbons (Fsp3) is 0.214. The van der Waals surface area contributed by atoms with Gasteiger partial charge in [-0.3, -0.25) is 4.79 Å². The Bertz CT molecular complexity index is 634. The second-order valence-electron chi connectivity index (χ2n) is 3.97. The van der Waals surface area contributed by atoms with Crippen LogP contribution in [0.4, 0.5) is 4.39 Å². The molecule has 0 amide bonds. The molecule has 5 heteroatoms. The first-order valence-electron chi connectivity index (χ1n) is 5.62. The molecular weight excluding hydrogens is 386 g/mol.